The second-order valence-electron chi connectivity index (χ2n) is 4.59. The highest BCUT2D eigenvalue weighted by Crippen LogP contribution is 2.31. The normalized spacial score (nSPS) is 10.8. The second-order valence-corrected chi connectivity index (χ2v) is 4.59. The van der Waals surface area contributed by atoms with Crippen LogP contribution in [0.2, 0.25) is 0 Å². The van der Waals surface area contributed by atoms with Gasteiger partial charge in [-0.1, -0.05) is 0 Å². The Balaban J connectivity index is 0.000000647. The molecule has 5 nitrogen and oxygen atoms in total. The highest BCUT2D eigenvalue weighted by atomic mass is 19.4. The number of aromatic amines is 1. The first kappa shape index (κ1) is 17.3. The van der Waals surface area contributed by atoms with Crippen LogP contribution in [0.4, 0.5) is 28.9 Å². The molecule has 1 aromatic carbocycles. The number of alkyl halides is 3. The molecule has 2 aromatic heterocycles. The van der Waals surface area contributed by atoms with Crippen LogP contribution in [0.3, 0.4) is 0 Å². The number of H-pyrrole nitrogens is 1. The van der Waals surface area contributed by atoms with Crippen LogP contribution < -0.4 is 11.1 Å². The molecule has 2 heterocycles. The number of primary amides is 1. The van der Waals surface area contributed by atoms with Gasteiger partial charge in [-0.15, -0.1) is 0 Å². The summed E-state index contributed by atoms with van der Waals surface area (Å²) in [4.78, 5) is 15.3. The van der Waals surface area contributed by atoms with Crippen LogP contribution in [-0.2, 0) is 11.0 Å². The summed E-state index contributed by atoms with van der Waals surface area (Å²) < 4.78 is 50.6. The lowest BCUT2D eigenvalue weighted by molar-refractivity contribution is -0.137. The maximum Gasteiger partial charge on any atom is 0.416 e. The monoisotopic (exact) mass is 340 g/mol. The summed E-state index contributed by atoms with van der Waals surface area (Å²) in [7, 11) is 0. The lowest BCUT2D eigenvalue weighted by Crippen LogP contribution is -2.04. The molecule has 4 N–H and O–H groups in total. The Morgan fingerprint density at radius 1 is 1.21 bits per heavy atom. The van der Waals surface area contributed by atoms with Crippen LogP contribution in [0.15, 0.2) is 42.7 Å². The van der Waals surface area contributed by atoms with E-state index in [0.29, 0.717) is 22.4 Å². The van der Waals surface area contributed by atoms with Crippen LogP contribution in [0.1, 0.15) is 5.56 Å². The molecule has 0 aliphatic carbocycles. The summed E-state index contributed by atoms with van der Waals surface area (Å²) in [5, 5.41) is 3.45. The van der Waals surface area contributed by atoms with Crippen molar-refractivity contribution in [1.29, 1.82) is 0 Å². The van der Waals surface area contributed by atoms with E-state index in [-0.39, 0.29) is 6.41 Å². The highest BCUT2D eigenvalue weighted by molar-refractivity contribution is 5.91. The largest absolute Gasteiger partial charge is 0.416 e. The van der Waals surface area contributed by atoms with E-state index >= 15 is 0 Å². The van der Waals surface area contributed by atoms with E-state index < -0.39 is 17.6 Å². The summed E-state index contributed by atoms with van der Waals surface area (Å²) in [6.07, 6.45) is -1.46. The minimum atomic E-state index is -4.37. The molecule has 0 fully saturated rings. The topological polar surface area (TPSA) is 83.8 Å². The number of nitrogens with zero attached hydrogens (tertiary/aromatic N) is 1. The number of benzene rings is 1. The number of fused-ring (bicyclic) bond motifs is 1. The van der Waals surface area contributed by atoms with Crippen molar-refractivity contribution in [3.05, 3.63) is 54.1 Å². The number of anilines is 2. The molecular formula is C15H12F4N4O. The molecule has 126 valence electrons. The fourth-order valence-corrected chi connectivity index (χ4v) is 1.98. The lowest BCUT2D eigenvalue weighted by atomic mass is 10.2. The molecule has 0 atom stereocenters. The Morgan fingerprint density at radius 2 is 1.83 bits per heavy atom. The number of hydrogen-bond donors (Lipinski definition) is 3. The lowest BCUT2D eigenvalue weighted by Gasteiger charge is -2.09. The molecule has 0 aliphatic rings. The van der Waals surface area contributed by atoms with Gasteiger partial charge in [0.15, 0.2) is 0 Å². The van der Waals surface area contributed by atoms with Crippen LogP contribution in [0.5, 0.6) is 0 Å². The molecule has 9 heteroatoms. The average Bonchev–Trinajstić information content (AvgIpc) is 2.90. The standard InChI is InChI=1S/C14H9F4N3.CH3NO/c15-9-5-11-12(7-20-13(11)19-6-9)21-10-3-1-8(2-4-10)14(16,17)18;2-1-3/h1-7,21H,(H,19,20);1H,(H2,2,3). The van der Waals surface area contributed by atoms with Gasteiger partial charge in [0, 0.05) is 17.3 Å². The van der Waals surface area contributed by atoms with Gasteiger partial charge in [-0.25, -0.2) is 9.37 Å². The average molecular weight is 340 g/mol. The molecule has 0 radical (unpaired) electrons. The van der Waals surface area contributed by atoms with Crippen LogP contribution >= 0.6 is 0 Å². The predicted octanol–water partition coefficient (Wildman–Crippen LogP) is 3.57. The number of carbonyl (C=O) groups is 1. The van der Waals surface area contributed by atoms with Gasteiger partial charge >= 0.3 is 6.18 Å². The zero-order valence-corrected chi connectivity index (χ0v) is 12.1. The molecule has 0 bridgehead atoms. The quantitative estimate of drug-likeness (QED) is 0.493. The number of aromatic nitrogens is 2. The number of pyridine rings is 1. The molecule has 0 spiro atoms. The van der Waals surface area contributed by atoms with Crippen molar-refractivity contribution in [2.75, 3.05) is 5.32 Å². The Kier molecular flexibility index (Phi) is 5.02. The van der Waals surface area contributed by atoms with Gasteiger partial charge < -0.3 is 16.0 Å². The van der Waals surface area contributed by atoms with E-state index in [1.165, 1.54) is 18.2 Å². The summed E-state index contributed by atoms with van der Waals surface area (Å²) in [6.45, 7) is 0. The highest BCUT2D eigenvalue weighted by Gasteiger charge is 2.29. The molecule has 0 saturated heterocycles. The maximum absolute atomic E-state index is 13.2. The van der Waals surface area contributed by atoms with E-state index in [1.807, 2.05) is 0 Å². The molecular weight excluding hydrogens is 328 g/mol. The minimum Gasteiger partial charge on any atom is -0.372 e. The molecule has 24 heavy (non-hydrogen) atoms. The molecule has 3 rings (SSSR count). The first-order valence-corrected chi connectivity index (χ1v) is 6.57. The van der Waals surface area contributed by atoms with Gasteiger partial charge in [-0.05, 0) is 30.3 Å². The van der Waals surface area contributed by atoms with Gasteiger partial charge in [0.2, 0.25) is 6.41 Å². The molecule has 1 amide bonds. The van der Waals surface area contributed by atoms with Gasteiger partial charge in [0.25, 0.3) is 0 Å². The number of nitrogens with one attached hydrogen (secondary N) is 2. The Morgan fingerprint density at radius 3 is 2.42 bits per heavy atom. The zero-order chi connectivity index (χ0) is 17.7. The fourth-order valence-electron chi connectivity index (χ4n) is 1.98. The van der Waals surface area contributed by atoms with E-state index in [0.717, 1.165) is 18.3 Å². The zero-order valence-electron chi connectivity index (χ0n) is 12.1. The molecule has 0 saturated carbocycles. The number of rotatable bonds is 2. The second kappa shape index (κ2) is 6.99. The third kappa shape index (κ3) is 4.00. The predicted molar refractivity (Wildman–Crippen MR) is 81.0 cm³/mol. The van der Waals surface area contributed by atoms with Gasteiger partial charge in [0.1, 0.15) is 11.5 Å². The van der Waals surface area contributed by atoms with E-state index in [4.69, 9.17) is 4.79 Å². The van der Waals surface area contributed by atoms with Crippen LogP contribution in [0.25, 0.3) is 11.0 Å². The van der Waals surface area contributed by atoms with Crippen molar-refractivity contribution in [3.8, 4) is 0 Å². The van der Waals surface area contributed by atoms with E-state index in [1.54, 1.807) is 6.20 Å². The third-order valence-electron chi connectivity index (χ3n) is 2.99. The van der Waals surface area contributed by atoms with Crippen molar-refractivity contribution in [2.45, 2.75) is 6.18 Å². The van der Waals surface area contributed by atoms with E-state index in [9.17, 15) is 17.6 Å². The van der Waals surface area contributed by atoms with Crippen LogP contribution in [-0.4, -0.2) is 16.4 Å². The van der Waals surface area contributed by atoms with E-state index in [2.05, 4.69) is 21.0 Å². The van der Waals surface area contributed by atoms with Gasteiger partial charge in [0.05, 0.1) is 17.4 Å². The number of nitrogens with two attached hydrogens (primary N) is 1. The van der Waals surface area contributed by atoms with Crippen LogP contribution in [0, 0.1) is 5.82 Å². The first-order valence-electron chi connectivity index (χ1n) is 6.57. The Labute approximate surface area is 133 Å². The van der Waals surface area contributed by atoms with Crippen molar-refractivity contribution >= 4 is 28.8 Å². The molecule has 3 aromatic rings. The maximum atomic E-state index is 13.2. The fraction of sp³-hybridized carbons (Fsp3) is 0.0667. The molecule has 0 unspecified atom stereocenters. The van der Waals surface area contributed by atoms with Crippen molar-refractivity contribution in [1.82, 2.24) is 9.97 Å². The SMILES string of the molecule is Fc1cnc2[nH]cc(Nc3ccc(C(F)(F)F)cc3)c2c1.NC=O. The number of amides is 1. The number of carbonyl (C=O) groups excluding carboxylic acids is 1. The van der Waals surface area contributed by atoms with Crippen molar-refractivity contribution in [3.63, 3.8) is 0 Å². The summed E-state index contributed by atoms with van der Waals surface area (Å²) >= 11 is 0. The van der Waals surface area contributed by atoms with Crippen molar-refractivity contribution in [2.24, 2.45) is 5.73 Å². The van der Waals surface area contributed by atoms with Gasteiger partial charge in [-0.2, -0.15) is 13.2 Å². The number of hydrogen-bond acceptors (Lipinski definition) is 3. The smallest absolute Gasteiger partial charge is 0.372 e. The Hall–Kier alpha value is -3.10. The summed E-state index contributed by atoms with van der Waals surface area (Å²) in [5.41, 5.74) is 4.94. The van der Waals surface area contributed by atoms with Gasteiger partial charge in [-0.3, -0.25) is 4.79 Å². The summed E-state index contributed by atoms with van der Waals surface area (Å²) in [5.74, 6) is -0.488. The first-order chi connectivity index (χ1) is 11.3. The Bertz CT molecular complexity index is 828. The molecule has 0 aliphatic heterocycles. The minimum absolute atomic E-state index is 0.250. The summed E-state index contributed by atoms with van der Waals surface area (Å²) in [6, 6.07) is 5.89. The van der Waals surface area contributed by atoms with Crippen molar-refractivity contribution < 1.29 is 22.4 Å². The number of halogens is 4. The third-order valence-corrected chi connectivity index (χ3v) is 2.99.